The second-order valence-corrected chi connectivity index (χ2v) is 6.81. The Labute approximate surface area is 108 Å². The second-order valence-electron chi connectivity index (χ2n) is 6.81. The first-order valence-corrected chi connectivity index (χ1v) is 7.88. The zero-order chi connectivity index (χ0) is 12.1. The molecule has 0 aromatic rings. The summed E-state index contributed by atoms with van der Waals surface area (Å²) in [6.07, 6.45) is 16.7. The maximum Gasteiger partial charge on any atom is -0.00247 e. The molecule has 2 rings (SSSR count). The Morgan fingerprint density at radius 3 is 2.24 bits per heavy atom. The van der Waals surface area contributed by atoms with Crippen LogP contribution < -0.4 is 0 Å². The molecule has 1 nitrogen and oxygen atoms in total. The standard InChI is InChI=1S/C16H31N/c1-17(2)14-8-10-15-9-4-7-13-16(15)11-5-3-6-12-16/h15H,3-14H2,1-2H3. The molecule has 2 fully saturated rings. The maximum absolute atomic E-state index is 2.34. The van der Waals surface area contributed by atoms with Gasteiger partial charge < -0.3 is 4.90 Å². The van der Waals surface area contributed by atoms with Crippen LogP contribution in [0.25, 0.3) is 0 Å². The summed E-state index contributed by atoms with van der Waals surface area (Å²) in [4.78, 5) is 2.34. The van der Waals surface area contributed by atoms with Crippen molar-refractivity contribution in [3.63, 3.8) is 0 Å². The van der Waals surface area contributed by atoms with Gasteiger partial charge in [-0.3, -0.25) is 0 Å². The first kappa shape index (κ1) is 13.4. The summed E-state index contributed by atoms with van der Waals surface area (Å²) in [5, 5.41) is 0. The Hall–Kier alpha value is -0.0400. The van der Waals surface area contributed by atoms with Gasteiger partial charge in [-0.05, 0) is 70.5 Å². The van der Waals surface area contributed by atoms with Crippen molar-refractivity contribution < 1.29 is 0 Å². The number of rotatable bonds is 4. The van der Waals surface area contributed by atoms with E-state index in [1.165, 1.54) is 57.9 Å². The largest absolute Gasteiger partial charge is 0.309 e. The molecule has 2 aliphatic carbocycles. The zero-order valence-electron chi connectivity index (χ0n) is 12.0. The third-order valence-corrected chi connectivity index (χ3v) is 5.35. The van der Waals surface area contributed by atoms with E-state index in [0.29, 0.717) is 0 Å². The van der Waals surface area contributed by atoms with Crippen molar-refractivity contribution in [1.82, 2.24) is 4.90 Å². The summed E-state index contributed by atoms with van der Waals surface area (Å²) in [5.74, 6) is 1.07. The first-order chi connectivity index (χ1) is 8.23. The quantitative estimate of drug-likeness (QED) is 0.697. The third-order valence-electron chi connectivity index (χ3n) is 5.35. The van der Waals surface area contributed by atoms with Crippen LogP contribution in [0, 0.1) is 11.3 Å². The lowest BCUT2D eigenvalue weighted by atomic mass is 9.58. The van der Waals surface area contributed by atoms with E-state index in [-0.39, 0.29) is 0 Å². The number of hydrogen-bond acceptors (Lipinski definition) is 1. The molecule has 0 aliphatic heterocycles. The molecule has 0 amide bonds. The smallest absolute Gasteiger partial charge is 0.00247 e. The Morgan fingerprint density at radius 1 is 0.941 bits per heavy atom. The normalized spacial score (nSPS) is 28.8. The van der Waals surface area contributed by atoms with Crippen molar-refractivity contribution in [1.29, 1.82) is 0 Å². The number of nitrogens with zero attached hydrogens (tertiary/aromatic N) is 1. The summed E-state index contributed by atoms with van der Waals surface area (Å²) >= 11 is 0. The molecule has 1 spiro atoms. The van der Waals surface area contributed by atoms with Crippen LogP contribution in [0.3, 0.4) is 0 Å². The minimum atomic E-state index is 0.794. The topological polar surface area (TPSA) is 3.24 Å². The van der Waals surface area contributed by atoms with E-state index < -0.39 is 0 Å². The predicted molar refractivity (Wildman–Crippen MR) is 75.3 cm³/mol. The van der Waals surface area contributed by atoms with Gasteiger partial charge in [-0.2, -0.15) is 0 Å². The van der Waals surface area contributed by atoms with Crippen molar-refractivity contribution >= 4 is 0 Å². The predicted octanol–water partition coefficient (Wildman–Crippen LogP) is 4.47. The van der Waals surface area contributed by atoms with Gasteiger partial charge in [0.1, 0.15) is 0 Å². The highest BCUT2D eigenvalue weighted by molar-refractivity contribution is 4.91. The van der Waals surface area contributed by atoms with Gasteiger partial charge in [-0.25, -0.2) is 0 Å². The van der Waals surface area contributed by atoms with E-state index in [1.54, 1.807) is 19.3 Å². The van der Waals surface area contributed by atoms with Crippen LogP contribution >= 0.6 is 0 Å². The lowest BCUT2D eigenvalue weighted by Crippen LogP contribution is -2.36. The van der Waals surface area contributed by atoms with Gasteiger partial charge in [0.05, 0.1) is 0 Å². The van der Waals surface area contributed by atoms with Gasteiger partial charge in [-0.15, -0.1) is 0 Å². The molecule has 0 bridgehead atoms. The van der Waals surface area contributed by atoms with E-state index >= 15 is 0 Å². The van der Waals surface area contributed by atoms with Crippen LogP contribution in [0.2, 0.25) is 0 Å². The van der Waals surface area contributed by atoms with Gasteiger partial charge in [-0.1, -0.05) is 32.1 Å². The average Bonchev–Trinajstić information content (AvgIpc) is 2.32. The highest BCUT2D eigenvalue weighted by Gasteiger charge is 2.40. The summed E-state index contributed by atoms with van der Waals surface area (Å²) in [6, 6.07) is 0. The van der Waals surface area contributed by atoms with Crippen LogP contribution in [0.15, 0.2) is 0 Å². The summed E-state index contributed by atoms with van der Waals surface area (Å²) in [5.41, 5.74) is 0.794. The van der Waals surface area contributed by atoms with Gasteiger partial charge in [0, 0.05) is 0 Å². The van der Waals surface area contributed by atoms with Gasteiger partial charge in [0.15, 0.2) is 0 Å². The molecule has 0 radical (unpaired) electrons. The molecule has 1 atom stereocenters. The fraction of sp³-hybridized carbons (Fsp3) is 1.00. The third kappa shape index (κ3) is 3.47. The second kappa shape index (κ2) is 6.22. The van der Waals surface area contributed by atoms with Gasteiger partial charge in [0.25, 0.3) is 0 Å². The molecule has 0 saturated heterocycles. The fourth-order valence-electron chi connectivity index (χ4n) is 4.40. The minimum Gasteiger partial charge on any atom is -0.309 e. The van der Waals surface area contributed by atoms with Crippen molar-refractivity contribution in [2.75, 3.05) is 20.6 Å². The van der Waals surface area contributed by atoms with Crippen LogP contribution in [0.1, 0.15) is 70.6 Å². The molecule has 2 saturated carbocycles. The lowest BCUT2D eigenvalue weighted by Gasteiger charge is -2.47. The van der Waals surface area contributed by atoms with E-state index in [1.807, 2.05) is 0 Å². The Kier molecular flexibility index (Phi) is 4.90. The maximum atomic E-state index is 2.34. The van der Waals surface area contributed by atoms with Crippen LogP contribution in [-0.4, -0.2) is 25.5 Å². The molecule has 0 aromatic heterocycles. The monoisotopic (exact) mass is 237 g/mol. The summed E-state index contributed by atoms with van der Waals surface area (Å²) < 4.78 is 0. The molecule has 1 unspecified atom stereocenters. The fourth-order valence-corrected chi connectivity index (χ4v) is 4.40. The SMILES string of the molecule is CN(C)CCCC1CCCCC12CCCCC2. The molecule has 2 aliphatic rings. The van der Waals surface area contributed by atoms with Crippen LogP contribution in [0.4, 0.5) is 0 Å². The van der Waals surface area contributed by atoms with E-state index in [2.05, 4.69) is 19.0 Å². The summed E-state index contributed by atoms with van der Waals surface area (Å²) in [6.45, 7) is 1.28. The Balaban J connectivity index is 1.87. The minimum absolute atomic E-state index is 0.794. The molecular weight excluding hydrogens is 206 g/mol. The molecule has 0 heterocycles. The molecule has 1 heteroatoms. The lowest BCUT2D eigenvalue weighted by molar-refractivity contribution is 0.0404. The Bertz CT molecular complexity index is 207. The first-order valence-electron chi connectivity index (χ1n) is 7.88. The van der Waals surface area contributed by atoms with Crippen molar-refractivity contribution in [3.8, 4) is 0 Å². The van der Waals surface area contributed by atoms with Crippen LogP contribution in [-0.2, 0) is 0 Å². The van der Waals surface area contributed by atoms with Crippen LogP contribution in [0.5, 0.6) is 0 Å². The van der Waals surface area contributed by atoms with Gasteiger partial charge >= 0.3 is 0 Å². The summed E-state index contributed by atoms with van der Waals surface area (Å²) in [7, 11) is 4.41. The Morgan fingerprint density at radius 2 is 1.59 bits per heavy atom. The van der Waals surface area contributed by atoms with E-state index in [4.69, 9.17) is 0 Å². The highest BCUT2D eigenvalue weighted by Crippen LogP contribution is 2.52. The average molecular weight is 237 g/mol. The molecule has 0 aromatic carbocycles. The molecular formula is C16H31N. The van der Waals surface area contributed by atoms with E-state index in [0.717, 1.165) is 11.3 Å². The van der Waals surface area contributed by atoms with Crippen molar-refractivity contribution in [2.24, 2.45) is 11.3 Å². The molecule has 100 valence electrons. The van der Waals surface area contributed by atoms with Crippen molar-refractivity contribution in [2.45, 2.75) is 70.6 Å². The number of hydrogen-bond donors (Lipinski definition) is 0. The van der Waals surface area contributed by atoms with Gasteiger partial charge in [0.2, 0.25) is 0 Å². The highest BCUT2D eigenvalue weighted by atomic mass is 15.0. The van der Waals surface area contributed by atoms with Crippen molar-refractivity contribution in [3.05, 3.63) is 0 Å². The van der Waals surface area contributed by atoms with E-state index in [9.17, 15) is 0 Å². The zero-order valence-corrected chi connectivity index (χ0v) is 12.0. The molecule has 0 N–H and O–H groups in total. The molecule has 17 heavy (non-hydrogen) atoms.